The maximum Gasteiger partial charge on any atom is 0.240 e. The van der Waals surface area contributed by atoms with Crippen molar-refractivity contribution in [1.29, 1.82) is 0 Å². The van der Waals surface area contributed by atoms with E-state index in [0.29, 0.717) is 0 Å². The van der Waals surface area contributed by atoms with Crippen LogP contribution in [-0.2, 0) is 10.0 Å². The number of nitrogens with one attached hydrogen (secondary N) is 1. The van der Waals surface area contributed by atoms with Gasteiger partial charge < -0.3 is 0 Å². The van der Waals surface area contributed by atoms with Gasteiger partial charge in [0.2, 0.25) is 10.0 Å². The molecular weight excluding hydrogens is 345 g/mol. The molecule has 1 aromatic rings. The minimum atomic E-state index is -3.64. The van der Waals surface area contributed by atoms with E-state index in [1.54, 1.807) is 0 Å². The third-order valence-electron chi connectivity index (χ3n) is 3.63. The molecule has 0 atom stereocenters. The zero-order valence-electron chi connectivity index (χ0n) is 11.2. The molecular formula is C14H19BrFNO2S. The summed E-state index contributed by atoms with van der Waals surface area (Å²) < 4.78 is 41.0. The average molecular weight is 364 g/mol. The quantitative estimate of drug-likeness (QED) is 0.882. The van der Waals surface area contributed by atoms with E-state index in [9.17, 15) is 12.8 Å². The van der Waals surface area contributed by atoms with Crippen LogP contribution in [0.3, 0.4) is 0 Å². The summed E-state index contributed by atoms with van der Waals surface area (Å²) >= 11 is 3.02. The maximum atomic E-state index is 13.5. The lowest BCUT2D eigenvalue weighted by Gasteiger charge is -2.21. The van der Waals surface area contributed by atoms with E-state index in [1.807, 2.05) is 0 Å². The first kappa shape index (κ1) is 15.9. The number of hydrogen-bond donors (Lipinski definition) is 1. The van der Waals surface area contributed by atoms with Crippen LogP contribution in [0.2, 0.25) is 0 Å². The van der Waals surface area contributed by atoms with Gasteiger partial charge in [-0.1, -0.05) is 32.1 Å². The molecule has 0 radical (unpaired) electrons. The Morgan fingerprint density at radius 2 is 1.70 bits per heavy atom. The number of hydrogen-bond acceptors (Lipinski definition) is 2. The molecule has 2 rings (SSSR count). The predicted molar refractivity (Wildman–Crippen MR) is 80.5 cm³/mol. The SMILES string of the molecule is O=S(=O)(NC1CCCCCCC1)c1ccc(Br)c(F)c1. The highest BCUT2D eigenvalue weighted by molar-refractivity contribution is 9.10. The fourth-order valence-corrected chi connectivity index (χ4v) is 4.07. The molecule has 1 saturated carbocycles. The molecule has 1 aliphatic carbocycles. The monoisotopic (exact) mass is 363 g/mol. The molecule has 0 aromatic heterocycles. The largest absolute Gasteiger partial charge is 0.240 e. The van der Waals surface area contributed by atoms with Gasteiger partial charge in [0.05, 0.1) is 9.37 Å². The third kappa shape index (κ3) is 4.27. The molecule has 1 N–H and O–H groups in total. The molecule has 112 valence electrons. The Morgan fingerprint density at radius 1 is 1.10 bits per heavy atom. The molecule has 1 aliphatic rings. The van der Waals surface area contributed by atoms with Gasteiger partial charge in [0.1, 0.15) is 5.82 Å². The van der Waals surface area contributed by atoms with Crippen molar-refractivity contribution >= 4 is 26.0 Å². The summed E-state index contributed by atoms with van der Waals surface area (Å²) in [5.41, 5.74) is 0. The van der Waals surface area contributed by atoms with E-state index < -0.39 is 15.8 Å². The van der Waals surface area contributed by atoms with E-state index in [4.69, 9.17) is 0 Å². The molecule has 0 unspecified atom stereocenters. The zero-order valence-corrected chi connectivity index (χ0v) is 13.6. The lowest BCUT2D eigenvalue weighted by atomic mass is 9.97. The van der Waals surface area contributed by atoms with Crippen LogP contribution in [0.25, 0.3) is 0 Å². The molecule has 3 nitrogen and oxygen atoms in total. The van der Waals surface area contributed by atoms with Crippen molar-refractivity contribution in [1.82, 2.24) is 4.72 Å². The maximum absolute atomic E-state index is 13.5. The molecule has 6 heteroatoms. The molecule has 0 amide bonds. The Hall–Kier alpha value is -0.460. The zero-order chi connectivity index (χ0) is 14.6. The topological polar surface area (TPSA) is 46.2 Å². The second kappa shape index (κ2) is 7.00. The van der Waals surface area contributed by atoms with E-state index in [-0.39, 0.29) is 15.4 Å². The normalized spacial score (nSPS) is 18.5. The van der Waals surface area contributed by atoms with E-state index >= 15 is 0 Å². The molecule has 0 heterocycles. The summed E-state index contributed by atoms with van der Waals surface area (Å²) in [4.78, 5) is -0.0136. The first-order valence-corrected chi connectivity index (χ1v) is 9.24. The van der Waals surface area contributed by atoms with Gasteiger partial charge in [-0.3, -0.25) is 0 Å². The van der Waals surface area contributed by atoms with Crippen LogP contribution in [0, 0.1) is 5.82 Å². The van der Waals surface area contributed by atoms with Gasteiger partial charge in [0.15, 0.2) is 0 Å². The Bertz CT molecular complexity index is 554. The van der Waals surface area contributed by atoms with Gasteiger partial charge in [0.25, 0.3) is 0 Å². The molecule has 1 fully saturated rings. The van der Waals surface area contributed by atoms with Crippen molar-refractivity contribution in [3.63, 3.8) is 0 Å². The van der Waals surface area contributed by atoms with Crippen LogP contribution in [0.4, 0.5) is 4.39 Å². The second-order valence-corrected chi connectivity index (χ2v) is 7.81. The van der Waals surface area contributed by atoms with E-state index in [2.05, 4.69) is 20.7 Å². The predicted octanol–water partition coefficient (Wildman–Crippen LogP) is 3.98. The van der Waals surface area contributed by atoms with Gasteiger partial charge in [-0.2, -0.15) is 0 Å². The Balaban J connectivity index is 2.10. The van der Waals surface area contributed by atoms with Gasteiger partial charge in [0, 0.05) is 6.04 Å². The second-order valence-electron chi connectivity index (χ2n) is 5.24. The molecule has 0 spiro atoms. The van der Waals surface area contributed by atoms with Gasteiger partial charge >= 0.3 is 0 Å². The fourth-order valence-electron chi connectivity index (χ4n) is 2.51. The minimum absolute atomic E-state index is 0.0136. The summed E-state index contributed by atoms with van der Waals surface area (Å²) in [5.74, 6) is -0.564. The highest BCUT2D eigenvalue weighted by Gasteiger charge is 2.21. The van der Waals surface area contributed by atoms with Crippen molar-refractivity contribution in [2.75, 3.05) is 0 Å². The number of halogens is 2. The fraction of sp³-hybridized carbons (Fsp3) is 0.571. The lowest BCUT2D eigenvalue weighted by molar-refractivity contribution is 0.426. The number of sulfonamides is 1. The van der Waals surface area contributed by atoms with Crippen LogP contribution < -0.4 is 4.72 Å². The van der Waals surface area contributed by atoms with Crippen molar-refractivity contribution in [2.45, 2.75) is 55.9 Å². The van der Waals surface area contributed by atoms with Crippen LogP contribution in [0.15, 0.2) is 27.6 Å². The van der Waals surface area contributed by atoms with Crippen LogP contribution in [0.1, 0.15) is 44.9 Å². The smallest absolute Gasteiger partial charge is 0.208 e. The van der Waals surface area contributed by atoms with Gasteiger partial charge in [-0.15, -0.1) is 0 Å². The summed E-state index contributed by atoms with van der Waals surface area (Å²) in [6, 6.07) is 3.85. The first-order chi connectivity index (χ1) is 9.49. The standard InChI is InChI=1S/C14H19BrFNO2S/c15-13-9-8-12(10-14(13)16)20(18,19)17-11-6-4-2-1-3-5-7-11/h8-11,17H,1-7H2. The number of rotatable bonds is 3. The molecule has 1 aromatic carbocycles. The van der Waals surface area contributed by atoms with Gasteiger partial charge in [-0.25, -0.2) is 17.5 Å². The van der Waals surface area contributed by atoms with Crippen molar-refractivity contribution in [2.24, 2.45) is 0 Å². The Labute approximate surface area is 128 Å². The Morgan fingerprint density at radius 3 is 2.30 bits per heavy atom. The summed E-state index contributed by atoms with van der Waals surface area (Å²) in [5, 5.41) is 0. The van der Waals surface area contributed by atoms with E-state index in [1.165, 1.54) is 18.6 Å². The lowest BCUT2D eigenvalue weighted by Crippen LogP contribution is -2.35. The summed E-state index contributed by atoms with van der Waals surface area (Å²) in [7, 11) is -3.64. The van der Waals surface area contributed by atoms with Crippen molar-refractivity contribution in [3.05, 3.63) is 28.5 Å². The summed E-state index contributed by atoms with van der Waals surface area (Å²) in [6.45, 7) is 0. The van der Waals surface area contributed by atoms with Crippen LogP contribution in [-0.4, -0.2) is 14.5 Å². The average Bonchev–Trinajstić information content (AvgIpc) is 2.35. The first-order valence-electron chi connectivity index (χ1n) is 6.96. The van der Waals surface area contributed by atoms with E-state index in [0.717, 1.165) is 44.6 Å². The van der Waals surface area contributed by atoms with Gasteiger partial charge in [-0.05, 0) is 47.0 Å². The molecule has 0 saturated heterocycles. The van der Waals surface area contributed by atoms with Crippen LogP contribution in [0.5, 0.6) is 0 Å². The third-order valence-corrected chi connectivity index (χ3v) is 5.79. The van der Waals surface area contributed by atoms with Crippen LogP contribution >= 0.6 is 15.9 Å². The Kier molecular flexibility index (Phi) is 5.57. The molecule has 20 heavy (non-hydrogen) atoms. The molecule has 0 aliphatic heterocycles. The number of benzene rings is 1. The summed E-state index contributed by atoms with van der Waals surface area (Å²) in [6.07, 6.45) is 7.36. The minimum Gasteiger partial charge on any atom is -0.208 e. The highest BCUT2D eigenvalue weighted by Crippen LogP contribution is 2.22. The molecule has 0 bridgehead atoms. The van der Waals surface area contributed by atoms with Crippen molar-refractivity contribution < 1.29 is 12.8 Å². The highest BCUT2D eigenvalue weighted by atomic mass is 79.9. The van der Waals surface area contributed by atoms with Crippen molar-refractivity contribution in [3.8, 4) is 0 Å².